The van der Waals surface area contributed by atoms with E-state index >= 15 is 0 Å². The predicted molar refractivity (Wildman–Crippen MR) is 121 cm³/mol. The highest BCUT2D eigenvalue weighted by Crippen LogP contribution is 2.36. The molecule has 0 spiro atoms. The van der Waals surface area contributed by atoms with Crippen molar-refractivity contribution in [3.05, 3.63) is 69.2 Å². The third kappa shape index (κ3) is 3.63. The van der Waals surface area contributed by atoms with Crippen molar-refractivity contribution in [2.75, 3.05) is 6.54 Å². The molecule has 0 radical (unpaired) electrons. The molecular formula is C21H17Cl3N4. The summed E-state index contributed by atoms with van der Waals surface area (Å²) in [6.07, 6.45) is 0.685. The first-order valence-electron chi connectivity index (χ1n) is 8.67. The van der Waals surface area contributed by atoms with Crippen LogP contribution in [0.4, 0.5) is 0 Å². The van der Waals surface area contributed by atoms with Crippen molar-refractivity contribution in [3.63, 3.8) is 0 Å². The van der Waals surface area contributed by atoms with Gasteiger partial charge in [0.2, 0.25) is 0 Å². The molecule has 3 aromatic carbocycles. The molecule has 0 aliphatic rings. The van der Waals surface area contributed by atoms with Gasteiger partial charge in [0.1, 0.15) is 0 Å². The summed E-state index contributed by atoms with van der Waals surface area (Å²) in [5.41, 5.74) is 16.1. The van der Waals surface area contributed by atoms with Crippen LogP contribution in [-0.2, 0) is 6.42 Å². The smallest absolute Gasteiger partial charge is 0.185 e. The van der Waals surface area contributed by atoms with Crippen molar-refractivity contribution >= 4 is 62.6 Å². The monoisotopic (exact) mass is 430 g/mol. The van der Waals surface area contributed by atoms with E-state index in [0.29, 0.717) is 28.0 Å². The van der Waals surface area contributed by atoms with E-state index in [0.717, 1.165) is 38.5 Å². The zero-order chi connectivity index (χ0) is 19.8. The summed E-state index contributed by atoms with van der Waals surface area (Å²) < 4.78 is 0. The van der Waals surface area contributed by atoms with Crippen molar-refractivity contribution < 1.29 is 0 Å². The maximum absolute atomic E-state index is 6.24. The number of aromatic nitrogens is 1. The Balaban J connectivity index is 1.94. The number of nitrogens with two attached hydrogens (primary N) is 2. The molecule has 0 aliphatic carbocycles. The zero-order valence-corrected chi connectivity index (χ0v) is 17.0. The molecule has 1 aromatic heterocycles. The average molecular weight is 432 g/mol. The summed E-state index contributed by atoms with van der Waals surface area (Å²) >= 11 is 18.6. The van der Waals surface area contributed by atoms with Crippen LogP contribution in [0.1, 0.15) is 5.56 Å². The molecule has 0 fully saturated rings. The van der Waals surface area contributed by atoms with Crippen molar-refractivity contribution in [1.29, 1.82) is 0 Å². The molecule has 0 saturated heterocycles. The molecule has 0 amide bonds. The molecule has 4 rings (SSSR count). The van der Waals surface area contributed by atoms with E-state index in [1.807, 2.05) is 30.3 Å². The summed E-state index contributed by atoms with van der Waals surface area (Å²) in [4.78, 5) is 7.62. The highest BCUT2D eigenvalue weighted by atomic mass is 35.5. The van der Waals surface area contributed by atoms with E-state index in [2.05, 4.69) is 22.1 Å². The number of H-pyrrole nitrogens is 1. The molecule has 0 bridgehead atoms. The van der Waals surface area contributed by atoms with E-state index in [9.17, 15) is 0 Å². The standard InChI is InChI=1S/C21H17Cl3N4/c22-14-2-4-19-15(10-14)16-8-13(11-1-3-17(23)18(24)9-11)7-12(20(16)28-19)5-6-27-21(25)26/h1-4,7-10,28H,5-6H2,(H4,25,26,27). The average Bonchev–Trinajstić information content (AvgIpc) is 3.02. The highest BCUT2D eigenvalue weighted by Gasteiger charge is 2.13. The second-order valence-corrected chi connectivity index (χ2v) is 7.81. The number of nitrogens with one attached hydrogen (secondary N) is 1. The van der Waals surface area contributed by atoms with E-state index in [1.165, 1.54) is 0 Å². The molecule has 0 atom stereocenters. The van der Waals surface area contributed by atoms with Crippen molar-refractivity contribution in [1.82, 2.24) is 4.98 Å². The topological polar surface area (TPSA) is 80.2 Å². The Kier molecular flexibility index (Phi) is 5.11. The minimum Gasteiger partial charge on any atom is -0.370 e. The van der Waals surface area contributed by atoms with Gasteiger partial charge < -0.3 is 16.5 Å². The van der Waals surface area contributed by atoms with Crippen LogP contribution < -0.4 is 11.5 Å². The number of benzene rings is 3. The maximum atomic E-state index is 6.24. The van der Waals surface area contributed by atoms with Crippen molar-refractivity contribution in [3.8, 4) is 11.1 Å². The first-order valence-corrected chi connectivity index (χ1v) is 9.80. The number of nitrogens with zero attached hydrogens (tertiary/aromatic N) is 1. The fourth-order valence-electron chi connectivity index (χ4n) is 3.39. The van der Waals surface area contributed by atoms with Crippen LogP contribution in [0.2, 0.25) is 15.1 Å². The molecule has 0 aliphatic heterocycles. The number of rotatable bonds is 4. The third-order valence-corrected chi connectivity index (χ3v) is 5.65. The zero-order valence-electron chi connectivity index (χ0n) is 14.8. The summed E-state index contributed by atoms with van der Waals surface area (Å²) in [7, 11) is 0. The molecule has 7 heteroatoms. The Morgan fingerprint density at radius 2 is 1.68 bits per heavy atom. The number of aliphatic imine (C=N–C) groups is 1. The molecule has 1 heterocycles. The molecule has 0 unspecified atom stereocenters. The van der Waals surface area contributed by atoms with Gasteiger partial charge >= 0.3 is 0 Å². The number of guanidine groups is 1. The van der Waals surface area contributed by atoms with Gasteiger partial charge in [-0.05, 0) is 65.6 Å². The minimum absolute atomic E-state index is 0.0836. The van der Waals surface area contributed by atoms with Crippen molar-refractivity contribution in [2.45, 2.75) is 6.42 Å². The number of halogens is 3. The third-order valence-electron chi connectivity index (χ3n) is 4.68. The Labute approximate surface area is 177 Å². The molecule has 28 heavy (non-hydrogen) atoms. The Hall–Kier alpha value is -2.40. The summed E-state index contributed by atoms with van der Waals surface area (Å²) in [5, 5.41) is 3.88. The molecular weight excluding hydrogens is 415 g/mol. The molecule has 142 valence electrons. The Morgan fingerprint density at radius 3 is 2.43 bits per heavy atom. The second kappa shape index (κ2) is 7.55. The van der Waals surface area contributed by atoms with Crippen LogP contribution in [0.25, 0.3) is 32.9 Å². The largest absolute Gasteiger partial charge is 0.370 e. The molecule has 0 saturated carbocycles. The van der Waals surface area contributed by atoms with Gasteiger partial charge in [-0.1, -0.05) is 40.9 Å². The predicted octanol–water partition coefficient (Wildman–Crippen LogP) is 5.76. The summed E-state index contributed by atoms with van der Waals surface area (Å²) in [6, 6.07) is 15.7. The lowest BCUT2D eigenvalue weighted by Gasteiger charge is -2.09. The van der Waals surface area contributed by atoms with Gasteiger partial charge in [0.05, 0.1) is 10.0 Å². The highest BCUT2D eigenvalue weighted by molar-refractivity contribution is 6.42. The Morgan fingerprint density at radius 1 is 0.857 bits per heavy atom. The van der Waals surface area contributed by atoms with Crippen LogP contribution in [0.15, 0.2) is 53.5 Å². The molecule has 4 aromatic rings. The van der Waals surface area contributed by atoms with Gasteiger partial charge in [-0.2, -0.15) is 0 Å². The SMILES string of the molecule is NC(N)=NCCc1cc(-c2ccc(Cl)c(Cl)c2)cc2c1[nH]c1ccc(Cl)cc12. The van der Waals surface area contributed by atoms with Gasteiger partial charge in [0, 0.05) is 33.4 Å². The van der Waals surface area contributed by atoms with Crippen molar-refractivity contribution in [2.24, 2.45) is 16.5 Å². The van der Waals surface area contributed by atoms with E-state index in [4.69, 9.17) is 46.3 Å². The summed E-state index contributed by atoms with van der Waals surface area (Å²) in [6.45, 7) is 0.498. The van der Waals surface area contributed by atoms with Gasteiger partial charge in [-0.25, -0.2) is 0 Å². The van der Waals surface area contributed by atoms with Crippen LogP contribution in [0, 0.1) is 0 Å². The second-order valence-electron chi connectivity index (χ2n) is 6.56. The van der Waals surface area contributed by atoms with E-state index in [-0.39, 0.29) is 5.96 Å². The Bertz CT molecular complexity index is 1220. The number of hydrogen-bond acceptors (Lipinski definition) is 1. The van der Waals surface area contributed by atoms with E-state index in [1.54, 1.807) is 6.07 Å². The first-order chi connectivity index (χ1) is 13.4. The summed E-state index contributed by atoms with van der Waals surface area (Å²) in [5.74, 6) is 0.0836. The normalized spacial score (nSPS) is 11.2. The van der Waals surface area contributed by atoms with Crippen LogP contribution in [0.3, 0.4) is 0 Å². The van der Waals surface area contributed by atoms with Gasteiger partial charge in [-0.15, -0.1) is 0 Å². The quantitative estimate of drug-likeness (QED) is 0.283. The van der Waals surface area contributed by atoms with Crippen LogP contribution in [0.5, 0.6) is 0 Å². The molecule has 5 N–H and O–H groups in total. The lowest BCUT2D eigenvalue weighted by Crippen LogP contribution is -2.23. The fraction of sp³-hybridized carbons (Fsp3) is 0.0952. The first kappa shape index (κ1) is 18.9. The minimum atomic E-state index is 0.0836. The van der Waals surface area contributed by atoms with Crippen LogP contribution in [-0.4, -0.2) is 17.5 Å². The van der Waals surface area contributed by atoms with Gasteiger partial charge in [0.25, 0.3) is 0 Å². The van der Waals surface area contributed by atoms with Gasteiger partial charge in [0.15, 0.2) is 5.96 Å². The fourth-order valence-corrected chi connectivity index (χ4v) is 3.86. The van der Waals surface area contributed by atoms with Crippen LogP contribution >= 0.6 is 34.8 Å². The lowest BCUT2D eigenvalue weighted by molar-refractivity contribution is 0.968. The lowest BCUT2D eigenvalue weighted by atomic mass is 9.98. The number of fused-ring (bicyclic) bond motifs is 3. The van der Waals surface area contributed by atoms with E-state index < -0.39 is 0 Å². The maximum Gasteiger partial charge on any atom is 0.185 e. The molecule has 4 nitrogen and oxygen atoms in total. The number of hydrogen-bond donors (Lipinski definition) is 3. The number of aromatic amines is 1. The van der Waals surface area contributed by atoms with Gasteiger partial charge in [-0.3, -0.25) is 4.99 Å².